The van der Waals surface area contributed by atoms with Crippen molar-refractivity contribution in [3.63, 3.8) is 0 Å². The molecule has 2 aromatic carbocycles. The molecular formula is C24H23F3O3S. The van der Waals surface area contributed by atoms with E-state index in [1.54, 1.807) is 11.3 Å². The van der Waals surface area contributed by atoms with Crippen LogP contribution in [0.5, 0.6) is 5.75 Å². The number of halogens is 3. The van der Waals surface area contributed by atoms with Gasteiger partial charge >= 0.3 is 12.1 Å². The number of hydrogen-bond acceptors (Lipinski definition) is 4. The number of carbonyl (C=O) groups is 1. The number of alkyl halides is 3. The Labute approximate surface area is 183 Å². The fourth-order valence-electron chi connectivity index (χ4n) is 3.41. The highest BCUT2D eigenvalue weighted by Crippen LogP contribution is 2.35. The molecule has 0 bridgehead atoms. The van der Waals surface area contributed by atoms with Gasteiger partial charge in [-0.1, -0.05) is 24.3 Å². The highest BCUT2D eigenvalue weighted by Gasteiger charge is 2.30. The standard InChI is InChI=1S/C24H23F3O3S/c1-14-13-22(19-6-8-20(9-7-19)24(25,26)27)31-21(14)10-5-18-11-15(2)23(16(3)12-18)30-29-17(4)28/h6-9,11-13H,5,10H2,1-4H3. The summed E-state index contributed by atoms with van der Waals surface area (Å²) in [6.07, 6.45) is -2.70. The zero-order chi connectivity index (χ0) is 22.8. The minimum Gasteiger partial charge on any atom is -0.286 e. The largest absolute Gasteiger partial charge is 0.416 e. The summed E-state index contributed by atoms with van der Waals surface area (Å²) < 4.78 is 38.4. The second-order valence-corrected chi connectivity index (χ2v) is 8.65. The molecule has 0 unspecified atom stereocenters. The fraction of sp³-hybridized carbons (Fsp3) is 0.292. The van der Waals surface area contributed by atoms with Crippen LogP contribution in [0.4, 0.5) is 13.2 Å². The molecule has 0 N–H and O–H groups in total. The molecule has 1 aromatic heterocycles. The van der Waals surface area contributed by atoms with Gasteiger partial charge in [0.2, 0.25) is 0 Å². The van der Waals surface area contributed by atoms with E-state index in [1.165, 1.54) is 23.9 Å². The SMILES string of the molecule is CC(=O)OOc1c(C)cc(CCc2sc(-c3ccc(C(F)(F)F)cc3)cc2C)cc1C. The number of carbonyl (C=O) groups excluding carboxylic acids is 1. The van der Waals surface area contributed by atoms with Crippen molar-refractivity contribution in [1.29, 1.82) is 0 Å². The Hall–Kier alpha value is -2.80. The van der Waals surface area contributed by atoms with Crippen LogP contribution >= 0.6 is 11.3 Å². The summed E-state index contributed by atoms with van der Waals surface area (Å²) >= 11 is 1.60. The quantitative estimate of drug-likeness (QED) is 0.301. The van der Waals surface area contributed by atoms with E-state index >= 15 is 0 Å². The van der Waals surface area contributed by atoms with E-state index < -0.39 is 17.7 Å². The average molecular weight is 449 g/mol. The third-order valence-corrected chi connectivity index (χ3v) is 6.27. The summed E-state index contributed by atoms with van der Waals surface area (Å²) in [6.45, 7) is 7.09. The Morgan fingerprint density at radius 3 is 2.10 bits per heavy atom. The molecule has 7 heteroatoms. The van der Waals surface area contributed by atoms with Crippen LogP contribution in [0.1, 0.15) is 39.6 Å². The zero-order valence-corrected chi connectivity index (χ0v) is 18.5. The molecule has 3 nitrogen and oxygen atoms in total. The van der Waals surface area contributed by atoms with Crippen molar-refractivity contribution in [3.8, 4) is 16.2 Å². The monoisotopic (exact) mass is 448 g/mol. The van der Waals surface area contributed by atoms with Crippen LogP contribution in [0.15, 0.2) is 42.5 Å². The third-order valence-electron chi connectivity index (χ3n) is 4.92. The second kappa shape index (κ2) is 9.14. The van der Waals surface area contributed by atoms with Crippen LogP contribution in [0.3, 0.4) is 0 Å². The van der Waals surface area contributed by atoms with Gasteiger partial charge in [-0.15, -0.1) is 11.3 Å². The Balaban J connectivity index is 1.72. The number of benzene rings is 2. The van der Waals surface area contributed by atoms with Crippen LogP contribution in [0, 0.1) is 20.8 Å². The molecular weight excluding hydrogens is 425 g/mol. The van der Waals surface area contributed by atoms with E-state index in [0.717, 1.165) is 57.7 Å². The minimum atomic E-state index is -4.33. The van der Waals surface area contributed by atoms with Gasteiger partial charge in [0.15, 0.2) is 5.75 Å². The van der Waals surface area contributed by atoms with Crippen molar-refractivity contribution < 1.29 is 27.7 Å². The lowest BCUT2D eigenvalue weighted by Gasteiger charge is -2.11. The van der Waals surface area contributed by atoms with E-state index in [2.05, 4.69) is 4.89 Å². The number of rotatable bonds is 6. The van der Waals surface area contributed by atoms with E-state index in [9.17, 15) is 18.0 Å². The van der Waals surface area contributed by atoms with Crippen molar-refractivity contribution in [3.05, 3.63) is 75.2 Å². The van der Waals surface area contributed by atoms with Crippen LogP contribution in [-0.2, 0) is 28.7 Å². The number of aryl methyl sites for hydroxylation is 5. The van der Waals surface area contributed by atoms with Crippen molar-refractivity contribution in [1.82, 2.24) is 0 Å². The van der Waals surface area contributed by atoms with Crippen LogP contribution in [0.2, 0.25) is 0 Å². The van der Waals surface area contributed by atoms with Crippen LogP contribution < -0.4 is 4.89 Å². The molecule has 1 heterocycles. The Bertz CT molecular complexity index is 1060. The molecule has 0 aliphatic heterocycles. The molecule has 164 valence electrons. The van der Waals surface area contributed by atoms with Gasteiger partial charge in [-0.25, -0.2) is 4.79 Å². The lowest BCUT2D eigenvalue weighted by atomic mass is 10.0. The third kappa shape index (κ3) is 5.67. The van der Waals surface area contributed by atoms with E-state index in [1.807, 2.05) is 39.0 Å². The second-order valence-electron chi connectivity index (χ2n) is 7.51. The summed E-state index contributed by atoms with van der Waals surface area (Å²) in [4.78, 5) is 22.9. The van der Waals surface area contributed by atoms with E-state index in [4.69, 9.17) is 4.89 Å². The lowest BCUT2D eigenvalue weighted by molar-refractivity contribution is -0.211. The van der Waals surface area contributed by atoms with Gasteiger partial charge in [0.25, 0.3) is 0 Å². The average Bonchev–Trinajstić information content (AvgIpc) is 3.05. The molecule has 0 saturated carbocycles. The molecule has 3 rings (SSSR count). The molecule has 0 fully saturated rings. The number of hydrogen-bond donors (Lipinski definition) is 0. The smallest absolute Gasteiger partial charge is 0.286 e. The topological polar surface area (TPSA) is 35.5 Å². The molecule has 0 aliphatic rings. The summed E-state index contributed by atoms with van der Waals surface area (Å²) in [7, 11) is 0. The zero-order valence-electron chi connectivity index (χ0n) is 17.7. The van der Waals surface area contributed by atoms with Gasteiger partial charge < -0.3 is 0 Å². The fourth-order valence-corrected chi connectivity index (χ4v) is 4.59. The highest BCUT2D eigenvalue weighted by atomic mass is 32.1. The summed E-state index contributed by atoms with van der Waals surface area (Å²) in [5, 5.41) is 0. The first-order chi connectivity index (χ1) is 14.5. The van der Waals surface area contributed by atoms with Crippen molar-refractivity contribution in [2.75, 3.05) is 0 Å². The summed E-state index contributed by atoms with van der Waals surface area (Å²) in [5.41, 5.74) is 4.16. The van der Waals surface area contributed by atoms with Gasteiger partial charge in [-0.3, -0.25) is 9.78 Å². The van der Waals surface area contributed by atoms with Crippen molar-refractivity contribution in [2.45, 2.75) is 46.7 Å². The van der Waals surface area contributed by atoms with Gasteiger partial charge in [-0.2, -0.15) is 13.2 Å². The Kier molecular flexibility index (Phi) is 6.74. The summed E-state index contributed by atoms with van der Waals surface area (Å²) in [5.74, 6) is 0.0238. The Morgan fingerprint density at radius 1 is 0.935 bits per heavy atom. The van der Waals surface area contributed by atoms with Gasteiger partial charge in [0.1, 0.15) is 0 Å². The first-order valence-corrected chi connectivity index (χ1v) is 10.6. The van der Waals surface area contributed by atoms with Gasteiger partial charge in [0.05, 0.1) is 5.56 Å². The molecule has 0 saturated heterocycles. The van der Waals surface area contributed by atoms with Crippen LogP contribution in [0.25, 0.3) is 10.4 Å². The minimum absolute atomic E-state index is 0.514. The maximum absolute atomic E-state index is 12.8. The van der Waals surface area contributed by atoms with Crippen molar-refractivity contribution in [2.24, 2.45) is 0 Å². The first-order valence-electron chi connectivity index (χ1n) is 9.76. The molecule has 0 atom stereocenters. The Morgan fingerprint density at radius 2 is 1.55 bits per heavy atom. The first kappa shape index (κ1) is 22.9. The predicted octanol–water partition coefficient (Wildman–Crippen LogP) is 7.00. The van der Waals surface area contributed by atoms with Crippen LogP contribution in [-0.4, -0.2) is 5.97 Å². The molecule has 0 spiro atoms. The molecule has 0 aliphatic carbocycles. The predicted molar refractivity (Wildman–Crippen MR) is 115 cm³/mol. The summed E-state index contributed by atoms with van der Waals surface area (Å²) in [6, 6.07) is 11.3. The molecule has 31 heavy (non-hydrogen) atoms. The van der Waals surface area contributed by atoms with E-state index in [0.29, 0.717) is 5.75 Å². The highest BCUT2D eigenvalue weighted by molar-refractivity contribution is 7.15. The van der Waals surface area contributed by atoms with E-state index in [-0.39, 0.29) is 0 Å². The van der Waals surface area contributed by atoms with Gasteiger partial charge in [0, 0.05) is 16.7 Å². The normalized spacial score (nSPS) is 11.5. The lowest BCUT2D eigenvalue weighted by Crippen LogP contribution is -2.05. The molecule has 0 radical (unpaired) electrons. The van der Waals surface area contributed by atoms with Gasteiger partial charge in [-0.05, 0) is 79.6 Å². The van der Waals surface area contributed by atoms with Crippen molar-refractivity contribution >= 4 is 17.3 Å². The molecule has 0 amide bonds. The maximum Gasteiger partial charge on any atom is 0.416 e. The molecule has 3 aromatic rings. The number of thiophene rings is 1. The maximum atomic E-state index is 12.8.